The third-order valence-corrected chi connectivity index (χ3v) is 2.56. The highest BCUT2D eigenvalue weighted by Crippen LogP contribution is 2.13. The average Bonchev–Trinajstić information content (AvgIpc) is 2.37. The summed E-state index contributed by atoms with van der Waals surface area (Å²) < 4.78 is 31.3. The molecule has 19 heavy (non-hydrogen) atoms. The highest BCUT2D eigenvalue weighted by molar-refractivity contribution is 5.94. The van der Waals surface area contributed by atoms with Gasteiger partial charge in [0.2, 0.25) is 0 Å². The number of carbonyl (C=O) groups excluding carboxylic acids is 1. The van der Waals surface area contributed by atoms with Gasteiger partial charge in [0, 0.05) is 32.8 Å². The number of halogens is 2. The van der Waals surface area contributed by atoms with Crippen LogP contribution < -0.4 is 10.6 Å². The molecule has 0 unspecified atom stereocenters. The highest BCUT2D eigenvalue weighted by atomic mass is 19.1. The Morgan fingerprint density at radius 3 is 2.63 bits per heavy atom. The fourth-order valence-electron chi connectivity index (χ4n) is 1.49. The molecular weight excluding hydrogens is 254 g/mol. The summed E-state index contributed by atoms with van der Waals surface area (Å²) in [5.41, 5.74) is 0.0977. The van der Waals surface area contributed by atoms with Gasteiger partial charge in [0.25, 0.3) is 5.91 Å². The van der Waals surface area contributed by atoms with Crippen LogP contribution in [0, 0.1) is 18.6 Å². The van der Waals surface area contributed by atoms with E-state index in [0.717, 1.165) is 6.07 Å². The molecule has 0 saturated carbocycles. The first-order chi connectivity index (χ1) is 9.06. The Bertz CT molecular complexity index is 439. The van der Waals surface area contributed by atoms with Gasteiger partial charge in [-0.1, -0.05) is 0 Å². The molecule has 0 bridgehead atoms. The first-order valence-corrected chi connectivity index (χ1v) is 5.99. The lowest BCUT2D eigenvalue weighted by Crippen LogP contribution is -2.33. The number of hydrogen-bond acceptors (Lipinski definition) is 3. The van der Waals surface area contributed by atoms with Crippen molar-refractivity contribution in [3.8, 4) is 0 Å². The number of benzene rings is 1. The molecule has 1 aromatic rings. The molecule has 0 atom stereocenters. The minimum absolute atomic E-state index is 0.143. The molecule has 1 amide bonds. The van der Waals surface area contributed by atoms with E-state index in [9.17, 15) is 13.6 Å². The van der Waals surface area contributed by atoms with Gasteiger partial charge in [-0.3, -0.25) is 4.79 Å². The van der Waals surface area contributed by atoms with Crippen molar-refractivity contribution < 1.29 is 18.3 Å². The van der Waals surface area contributed by atoms with Crippen molar-refractivity contribution in [3.63, 3.8) is 0 Å². The van der Waals surface area contributed by atoms with E-state index >= 15 is 0 Å². The fraction of sp³-hybridized carbons (Fsp3) is 0.462. The largest absolute Gasteiger partial charge is 0.383 e. The summed E-state index contributed by atoms with van der Waals surface area (Å²) in [6.07, 6.45) is 0. The molecule has 0 fully saturated rings. The summed E-state index contributed by atoms with van der Waals surface area (Å²) in [7, 11) is 1.60. The third-order valence-electron chi connectivity index (χ3n) is 2.56. The van der Waals surface area contributed by atoms with E-state index in [-0.39, 0.29) is 11.1 Å². The maximum atomic E-state index is 13.4. The summed E-state index contributed by atoms with van der Waals surface area (Å²) in [6, 6.07) is 1.93. The van der Waals surface area contributed by atoms with Crippen molar-refractivity contribution in [1.29, 1.82) is 0 Å². The predicted molar refractivity (Wildman–Crippen MR) is 68.2 cm³/mol. The summed E-state index contributed by atoms with van der Waals surface area (Å²) in [4.78, 5) is 11.7. The zero-order chi connectivity index (χ0) is 14.3. The van der Waals surface area contributed by atoms with Gasteiger partial charge in [0.05, 0.1) is 12.2 Å². The fourth-order valence-corrected chi connectivity index (χ4v) is 1.49. The SMILES string of the molecule is COCCNCCNC(=O)c1cc(C)c(F)cc1F. The summed E-state index contributed by atoms with van der Waals surface area (Å²) in [5, 5.41) is 5.59. The van der Waals surface area contributed by atoms with E-state index in [1.54, 1.807) is 7.11 Å². The molecule has 2 N–H and O–H groups in total. The van der Waals surface area contributed by atoms with Crippen LogP contribution in [0.4, 0.5) is 8.78 Å². The van der Waals surface area contributed by atoms with Crippen molar-refractivity contribution >= 4 is 5.91 Å². The van der Waals surface area contributed by atoms with E-state index in [1.165, 1.54) is 13.0 Å². The lowest BCUT2D eigenvalue weighted by Gasteiger charge is -2.08. The van der Waals surface area contributed by atoms with E-state index in [0.29, 0.717) is 26.2 Å². The number of methoxy groups -OCH3 is 1. The zero-order valence-corrected chi connectivity index (χ0v) is 11.1. The summed E-state index contributed by atoms with van der Waals surface area (Å²) in [5.74, 6) is -2.06. The maximum Gasteiger partial charge on any atom is 0.254 e. The van der Waals surface area contributed by atoms with Crippen LogP contribution >= 0.6 is 0 Å². The molecular formula is C13H18F2N2O2. The lowest BCUT2D eigenvalue weighted by molar-refractivity contribution is 0.0949. The minimum atomic E-state index is -0.854. The van der Waals surface area contributed by atoms with Crippen LogP contribution in [0.1, 0.15) is 15.9 Å². The number of aryl methyl sites for hydroxylation is 1. The molecule has 6 heteroatoms. The third kappa shape index (κ3) is 4.92. The van der Waals surface area contributed by atoms with Gasteiger partial charge in [-0.15, -0.1) is 0 Å². The van der Waals surface area contributed by atoms with Crippen LogP contribution in [0.2, 0.25) is 0 Å². The van der Waals surface area contributed by atoms with Crippen molar-refractivity contribution in [2.24, 2.45) is 0 Å². The van der Waals surface area contributed by atoms with Gasteiger partial charge in [-0.05, 0) is 18.6 Å². The quantitative estimate of drug-likeness (QED) is 0.734. The first kappa shape index (κ1) is 15.5. The highest BCUT2D eigenvalue weighted by Gasteiger charge is 2.13. The molecule has 0 spiro atoms. The molecule has 1 rings (SSSR count). The predicted octanol–water partition coefficient (Wildman–Crippen LogP) is 1.24. The molecule has 0 radical (unpaired) electrons. The number of nitrogens with one attached hydrogen (secondary N) is 2. The smallest absolute Gasteiger partial charge is 0.254 e. The van der Waals surface area contributed by atoms with Crippen molar-refractivity contribution in [2.45, 2.75) is 6.92 Å². The Hall–Kier alpha value is -1.53. The van der Waals surface area contributed by atoms with Crippen molar-refractivity contribution in [1.82, 2.24) is 10.6 Å². The van der Waals surface area contributed by atoms with Crippen molar-refractivity contribution in [2.75, 3.05) is 33.4 Å². The number of ether oxygens (including phenoxy) is 1. The number of carbonyl (C=O) groups is 1. The monoisotopic (exact) mass is 272 g/mol. The number of hydrogen-bond donors (Lipinski definition) is 2. The Morgan fingerprint density at radius 1 is 1.21 bits per heavy atom. The van der Waals surface area contributed by atoms with Crippen LogP contribution in [0.5, 0.6) is 0 Å². The van der Waals surface area contributed by atoms with Gasteiger partial charge in [-0.25, -0.2) is 8.78 Å². The molecule has 106 valence electrons. The van der Waals surface area contributed by atoms with Crippen LogP contribution in [0.25, 0.3) is 0 Å². The Morgan fingerprint density at radius 2 is 1.95 bits per heavy atom. The van der Waals surface area contributed by atoms with Crippen LogP contribution in [0.15, 0.2) is 12.1 Å². The molecule has 0 aromatic heterocycles. The van der Waals surface area contributed by atoms with E-state index in [1.807, 2.05) is 0 Å². The Labute approximate surface area is 111 Å². The van der Waals surface area contributed by atoms with E-state index < -0.39 is 17.5 Å². The second-order valence-electron chi connectivity index (χ2n) is 4.08. The zero-order valence-electron chi connectivity index (χ0n) is 11.1. The molecule has 0 heterocycles. The van der Waals surface area contributed by atoms with Crippen LogP contribution in [-0.2, 0) is 4.74 Å². The van der Waals surface area contributed by atoms with Gasteiger partial charge in [-0.2, -0.15) is 0 Å². The standard InChI is InChI=1S/C13H18F2N2O2/c1-9-7-10(12(15)8-11(9)14)13(18)17-4-3-16-5-6-19-2/h7-8,16H,3-6H2,1-2H3,(H,17,18). The van der Waals surface area contributed by atoms with Crippen LogP contribution in [0.3, 0.4) is 0 Å². The minimum Gasteiger partial charge on any atom is -0.383 e. The molecule has 0 aliphatic rings. The molecule has 0 aliphatic carbocycles. The maximum absolute atomic E-state index is 13.4. The van der Waals surface area contributed by atoms with E-state index in [4.69, 9.17) is 4.74 Å². The molecule has 0 aliphatic heterocycles. The first-order valence-electron chi connectivity index (χ1n) is 5.99. The van der Waals surface area contributed by atoms with Gasteiger partial charge < -0.3 is 15.4 Å². The summed E-state index contributed by atoms with van der Waals surface area (Å²) in [6.45, 7) is 3.66. The number of amides is 1. The molecule has 1 aromatic carbocycles. The van der Waals surface area contributed by atoms with Gasteiger partial charge in [0.15, 0.2) is 0 Å². The lowest BCUT2D eigenvalue weighted by atomic mass is 10.1. The van der Waals surface area contributed by atoms with E-state index in [2.05, 4.69) is 10.6 Å². The van der Waals surface area contributed by atoms with Gasteiger partial charge >= 0.3 is 0 Å². The average molecular weight is 272 g/mol. The van der Waals surface area contributed by atoms with Crippen molar-refractivity contribution in [3.05, 3.63) is 34.9 Å². The number of rotatable bonds is 7. The molecule has 4 nitrogen and oxygen atoms in total. The molecule has 0 saturated heterocycles. The second kappa shape index (κ2) is 7.81. The van der Waals surface area contributed by atoms with Gasteiger partial charge in [0.1, 0.15) is 11.6 Å². The summed E-state index contributed by atoms with van der Waals surface area (Å²) >= 11 is 0. The Kier molecular flexibility index (Phi) is 6.38. The Balaban J connectivity index is 2.43. The normalized spacial score (nSPS) is 10.5. The topological polar surface area (TPSA) is 50.4 Å². The van der Waals surface area contributed by atoms with Crippen LogP contribution in [-0.4, -0.2) is 39.3 Å². The second-order valence-corrected chi connectivity index (χ2v) is 4.08.